The molecule has 19 heavy (non-hydrogen) atoms. The van der Waals surface area contributed by atoms with Gasteiger partial charge in [0.15, 0.2) is 0 Å². The Morgan fingerprint density at radius 1 is 1.47 bits per heavy atom. The van der Waals surface area contributed by atoms with Crippen LogP contribution in [-0.2, 0) is 21.4 Å². The van der Waals surface area contributed by atoms with Crippen LogP contribution in [0, 0.1) is 6.92 Å². The van der Waals surface area contributed by atoms with E-state index in [0.717, 1.165) is 11.1 Å². The number of carbonyl (C=O) groups is 1. The first-order valence-corrected chi connectivity index (χ1v) is 7.80. The molecule has 5 nitrogen and oxygen atoms in total. The Bertz CT molecular complexity index is 615. The summed E-state index contributed by atoms with van der Waals surface area (Å²) in [5, 5.41) is 4.84. The van der Waals surface area contributed by atoms with Gasteiger partial charge in [-0.2, -0.15) is 0 Å². The van der Waals surface area contributed by atoms with E-state index in [9.17, 15) is 13.2 Å². The number of rotatable bonds is 3. The van der Waals surface area contributed by atoms with Crippen molar-refractivity contribution >= 4 is 27.5 Å². The first kappa shape index (κ1) is 14.3. The Morgan fingerprint density at radius 3 is 2.68 bits per heavy atom. The molecule has 0 bridgehead atoms. The first-order valence-electron chi connectivity index (χ1n) is 5.82. The number of primary sulfonamides is 1. The van der Waals surface area contributed by atoms with Gasteiger partial charge in [0.05, 0.1) is 0 Å². The summed E-state index contributed by atoms with van der Waals surface area (Å²) in [5.74, 6) is -0.212. The second kappa shape index (κ2) is 5.11. The minimum atomic E-state index is -3.67. The van der Waals surface area contributed by atoms with Gasteiger partial charge >= 0.3 is 0 Å². The van der Waals surface area contributed by atoms with Crippen molar-refractivity contribution in [3.8, 4) is 0 Å². The van der Waals surface area contributed by atoms with Crippen molar-refractivity contribution < 1.29 is 13.2 Å². The van der Waals surface area contributed by atoms with E-state index in [2.05, 4.69) is 0 Å². The highest BCUT2D eigenvalue weighted by Gasteiger charge is 2.36. The van der Waals surface area contributed by atoms with E-state index < -0.39 is 15.3 Å². The van der Waals surface area contributed by atoms with Crippen LogP contribution in [0.3, 0.4) is 0 Å². The molecule has 1 aliphatic heterocycles. The number of likely N-dealkylation sites (tertiary alicyclic amines) is 1. The molecule has 1 heterocycles. The second-order valence-corrected chi connectivity index (χ2v) is 7.04. The van der Waals surface area contributed by atoms with Crippen molar-refractivity contribution in [2.24, 2.45) is 5.14 Å². The molecular formula is C12H15ClN2O3S. The molecule has 1 saturated heterocycles. The zero-order chi connectivity index (χ0) is 14.2. The summed E-state index contributed by atoms with van der Waals surface area (Å²) < 4.78 is 22.5. The Labute approximate surface area is 117 Å². The van der Waals surface area contributed by atoms with Gasteiger partial charge in [-0.25, -0.2) is 13.6 Å². The molecule has 1 aromatic carbocycles. The van der Waals surface area contributed by atoms with Crippen LogP contribution >= 0.6 is 11.6 Å². The molecule has 1 atom stereocenters. The number of nitrogens with zero attached hydrogens (tertiary/aromatic N) is 1. The molecule has 0 aromatic heterocycles. The number of carbonyl (C=O) groups excluding carboxylic acids is 1. The predicted octanol–water partition coefficient (Wildman–Crippen LogP) is 1.04. The molecule has 0 aliphatic carbocycles. The lowest BCUT2D eigenvalue weighted by Crippen LogP contribution is -2.32. The second-order valence-electron chi connectivity index (χ2n) is 4.78. The standard InChI is InChI=1S/C12H15ClN2O3S/c1-8-2-3-9(11(13)4-8)6-15-7-10(5-12(15)16)19(14,17)18/h2-4,10H,5-7H2,1H3,(H2,14,17,18). The summed E-state index contributed by atoms with van der Waals surface area (Å²) in [6.07, 6.45) is -0.0533. The number of aryl methyl sites for hydroxylation is 1. The first-order chi connectivity index (χ1) is 8.77. The van der Waals surface area contributed by atoms with Gasteiger partial charge in [-0.05, 0) is 24.1 Å². The maximum Gasteiger partial charge on any atom is 0.224 e. The van der Waals surface area contributed by atoms with Crippen LogP contribution in [0.1, 0.15) is 17.5 Å². The van der Waals surface area contributed by atoms with Crippen LogP contribution in [0.25, 0.3) is 0 Å². The number of hydrogen-bond acceptors (Lipinski definition) is 3. The predicted molar refractivity (Wildman–Crippen MR) is 73.1 cm³/mol. The third-order valence-electron chi connectivity index (χ3n) is 3.21. The largest absolute Gasteiger partial charge is 0.337 e. The molecule has 104 valence electrons. The minimum absolute atomic E-state index is 0.0533. The van der Waals surface area contributed by atoms with Crippen molar-refractivity contribution in [1.82, 2.24) is 4.90 Å². The zero-order valence-electron chi connectivity index (χ0n) is 10.5. The molecule has 0 spiro atoms. The maximum atomic E-state index is 11.8. The topological polar surface area (TPSA) is 80.5 Å². The van der Waals surface area contributed by atoms with E-state index >= 15 is 0 Å². The lowest BCUT2D eigenvalue weighted by atomic mass is 10.1. The molecule has 1 amide bonds. The van der Waals surface area contributed by atoms with E-state index in [1.165, 1.54) is 4.90 Å². The molecule has 2 N–H and O–H groups in total. The van der Waals surface area contributed by atoms with Crippen LogP contribution in [0.5, 0.6) is 0 Å². The van der Waals surface area contributed by atoms with Crippen LogP contribution in [0.4, 0.5) is 0 Å². The number of nitrogens with two attached hydrogens (primary N) is 1. The van der Waals surface area contributed by atoms with Crippen molar-refractivity contribution in [2.45, 2.75) is 25.1 Å². The molecule has 2 rings (SSSR count). The van der Waals surface area contributed by atoms with Crippen LogP contribution in [0.15, 0.2) is 18.2 Å². The van der Waals surface area contributed by atoms with E-state index in [4.69, 9.17) is 16.7 Å². The average Bonchev–Trinajstić information content (AvgIpc) is 2.64. The van der Waals surface area contributed by atoms with E-state index in [1.54, 1.807) is 0 Å². The summed E-state index contributed by atoms with van der Waals surface area (Å²) in [5.41, 5.74) is 1.83. The van der Waals surface area contributed by atoms with Crippen molar-refractivity contribution in [1.29, 1.82) is 0 Å². The quantitative estimate of drug-likeness (QED) is 0.906. The fourth-order valence-corrected chi connectivity index (χ4v) is 3.15. The molecule has 1 aliphatic rings. The Hall–Kier alpha value is -1.11. The Kier molecular flexibility index (Phi) is 3.85. The fourth-order valence-electron chi connectivity index (χ4n) is 2.10. The highest BCUT2D eigenvalue weighted by Crippen LogP contribution is 2.23. The van der Waals surface area contributed by atoms with Crippen LogP contribution < -0.4 is 5.14 Å². The van der Waals surface area contributed by atoms with Crippen LogP contribution in [-0.4, -0.2) is 31.0 Å². The van der Waals surface area contributed by atoms with Crippen molar-refractivity contribution in [3.63, 3.8) is 0 Å². The minimum Gasteiger partial charge on any atom is -0.337 e. The molecule has 0 saturated carbocycles. The third-order valence-corrected chi connectivity index (χ3v) is 4.81. The lowest BCUT2D eigenvalue weighted by molar-refractivity contribution is -0.128. The molecule has 1 unspecified atom stereocenters. The van der Waals surface area contributed by atoms with E-state index in [-0.39, 0.29) is 18.9 Å². The monoisotopic (exact) mass is 302 g/mol. The van der Waals surface area contributed by atoms with Gasteiger partial charge in [-0.1, -0.05) is 23.7 Å². The maximum absolute atomic E-state index is 11.8. The highest BCUT2D eigenvalue weighted by atomic mass is 35.5. The summed E-state index contributed by atoms with van der Waals surface area (Å²) in [6.45, 7) is 2.36. The summed E-state index contributed by atoms with van der Waals surface area (Å²) in [6, 6.07) is 5.56. The molecule has 0 radical (unpaired) electrons. The SMILES string of the molecule is Cc1ccc(CN2CC(S(N)(=O)=O)CC2=O)c(Cl)c1. The van der Waals surface area contributed by atoms with Gasteiger partial charge in [-0.15, -0.1) is 0 Å². The smallest absolute Gasteiger partial charge is 0.224 e. The average molecular weight is 303 g/mol. The fraction of sp³-hybridized carbons (Fsp3) is 0.417. The van der Waals surface area contributed by atoms with Crippen LogP contribution in [0.2, 0.25) is 5.02 Å². The summed E-state index contributed by atoms with van der Waals surface area (Å²) in [7, 11) is -3.67. The molecule has 7 heteroatoms. The lowest BCUT2D eigenvalue weighted by Gasteiger charge is -2.17. The van der Waals surface area contributed by atoms with Gasteiger partial charge in [0.25, 0.3) is 0 Å². The molecule has 1 aromatic rings. The highest BCUT2D eigenvalue weighted by molar-refractivity contribution is 7.89. The normalized spacial score (nSPS) is 20.1. The number of hydrogen-bond donors (Lipinski definition) is 1. The molecular weight excluding hydrogens is 288 g/mol. The van der Waals surface area contributed by atoms with E-state index in [1.807, 2.05) is 25.1 Å². The van der Waals surface area contributed by atoms with E-state index in [0.29, 0.717) is 11.6 Å². The summed E-state index contributed by atoms with van der Waals surface area (Å²) in [4.78, 5) is 13.3. The number of halogens is 1. The number of sulfonamides is 1. The van der Waals surface area contributed by atoms with Gasteiger partial charge in [0.1, 0.15) is 5.25 Å². The molecule has 1 fully saturated rings. The summed E-state index contributed by atoms with van der Waals surface area (Å²) >= 11 is 6.10. The van der Waals surface area contributed by atoms with Gasteiger partial charge in [0, 0.05) is 24.5 Å². The van der Waals surface area contributed by atoms with Gasteiger partial charge < -0.3 is 4.90 Å². The number of benzene rings is 1. The zero-order valence-corrected chi connectivity index (χ0v) is 12.0. The van der Waals surface area contributed by atoms with Crippen molar-refractivity contribution in [2.75, 3.05) is 6.54 Å². The third kappa shape index (κ3) is 3.26. The van der Waals surface area contributed by atoms with Gasteiger partial charge in [0.2, 0.25) is 15.9 Å². The van der Waals surface area contributed by atoms with Crippen molar-refractivity contribution in [3.05, 3.63) is 34.3 Å². The van der Waals surface area contributed by atoms with Gasteiger partial charge in [-0.3, -0.25) is 4.79 Å². The Morgan fingerprint density at radius 2 is 2.16 bits per heavy atom. The Balaban J connectivity index is 2.14. The number of amides is 1.